The molecule has 1 atom stereocenters. The van der Waals surface area contributed by atoms with Gasteiger partial charge < -0.3 is 16.2 Å². The Labute approximate surface area is 118 Å². The van der Waals surface area contributed by atoms with E-state index in [0.717, 1.165) is 11.3 Å². The second-order valence-corrected chi connectivity index (χ2v) is 4.94. The van der Waals surface area contributed by atoms with Gasteiger partial charge in [-0.2, -0.15) is 0 Å². The molecule has 2 aromatic carbocycles. The van der Waals surface area contributed by atoms with E-state index in [-0.39, 0.29) is 0 Å². The Kier molecular flexibility index (Phi) is 4.05. The number of carbonyl (C=O) groups is 1. The average molecular weight is 270 g/mol. The van der Waals surface area contributed by atoms with Crippen LogP contribution in [-0.4, -0.2) is 17.6 Å². The zero-order chi connectivity index (χ0) is 14.6. The van der Waals surface area contributed by atoms with E-state index >= 15 is 0 Å². The highest BCUT2D eigenvalue weighted by molar-refractivity contribution is 5.93. The molecule has 0 bridgehead atoms. The molecule has 2 rings (SSSR count). The predicted octanol–water partition coefficient (Wildman–Crippen LogP) is 2.11. The molecule has 104 valence electrons. The van der Waals surface area contributed by atoms with Crippen LogP contribution in [0.1, 0.15) is 22.8 Å². The fourth-order valence-corrected chi connectivity index (χ4v) is 1.93. The van der Waals surface area contributed by atoms with E-state index in [1.165, 1.54) is 0 Å². The summed E-state index contributed by atoms with van der Waals surface area (Å²) in [5, 5.41) is 13.6. The zero-order valence-corrected chi connectivity index (χ0v) is 11.3. The van der Waals surface area contributed by atoms with Gasteiger partial charge in [0.15, 0.2) is 0 Å². The van der Waals surface area contributed by atoms with Crippen molar-refractivity contribution < 1.29 is 9.90 Å². The molecule has 0 radical (unpaired) electrons. The fraction of sp³-hybridized carbons (Fsp3) is 0.188. The van der Waals surface area contributed by atoms with Crippen molar-refractivity contribution in [2.45, 2.75) is 12.5 Å². The van der Waals surface area contributed by atoms with E-state index in [1.54, 1.807) is 31.2 Å². The number of nitrogens with two attached hydrogens (primary N) is 1. The number of anilines is 1. The summed E-state index contributed by atoms with van der Waals surface area (Å²) in [6.45, 7) is 2.13. The standard InChI is InChI=1S/C16H18N2O2/c1-16(20,13-5-3-2-4-6-13)11-18-14-9-7-12(8-10-14)15(17)19/h2-10,18,20H,11H2,1H3,(H2,17,19). The van der Waals surface area contributed by atoms with Gasteiger partial charge in [0.05, 0.1) is 0 Å². The van der Waals surface area contributed by atoms with Crippen molar-refractivity contribution in [1.82, 2.24) is 0 Å². The largest absolute Gasteiger partial charge is 0.384 e. The highest BCUT2D eigenvalue weighted by Gasteiger charge is 2.22. The Morgan fingerprint density at radius 3 is 2.30 bits per heavy atom. The van der Waals surface area contributed by atoms with Crippen LogP contribution < -0.4 is 11.1 Å². The Balaban J connectivity index is 2.03. The number of hydrogen-bond donors (Lipinski definition) is 3. The van der Waals surface area contributed by atoms with Crippen molar-refractivity contribution in [2.24, 2.45) is 5.73 Å². The molecule has 1 unspecified atom stereocenters. The van der Waals surface area contributed by atoms with Gasteiger partial charge in [0, 0.05) is 17.8 Å². The number of primary amides is 1. The SMILES string of the molecule is CC(O)(CNc1ccc(C(N)=O)cc1)c1ccccc1. The first-order valence-corrected chi connectivity index (χ1v) is 6.41. The monoisotopic (exact) mass is 270 g/mol. The number of amides is 1. The first kappa shape index (κ1) is 14.1. The van der Waals surface area contributed by atoms with Crippen molar-refractivity contribution in [3.05, 3.63) is 65.7 Å². The summed E-state index contributed by atoms with van der Waals surface area (Å²) < 4.78 is 0. The van der Waals surface area contributed by atoms with Crippen molar-refractivity contribution in [2.75, 3.05) is 11.9 Å². The van der Waals surface area contributed by atoms with Gasteiger partial charge in [0.2, 0.25) is 5.91 Å². The molecule has 0 aliphatic carbocycles. The van der Waals surface area contributed by atoms with Gasteiger partial charge >= 0.3 is 0 Å². The number of benzene rings is 2. The summed E-state index contributed by atoms with van der Waals surface area (Å²) in [7, 11) is 0. The van der Waals surface area contributed by atoms with Crippen LogP contribution in [0, 0.1) is 0 Å². The quantitative estimate of drug-likeness (QED) is 0.779. The maximum atomic E-state index is 11.0. The van der Waals surface area contributed by atoms with Crippen LogP contribution in [0.3, 0.4) is 0 Å². The van der Waals surface area contributed by atoms with Crippen molar-refractivity contribution in [3.8, 4) is 0 Å². The minimum absolute atomic E-state index is 0.368. The fourth-order valence-electron chi connectivity index (χ4n) is 1.93. The van der Waals surface area contributed by atoms with Crippen LogP contribution in [0.2, 0.25) is 0 Å². The molecule has 4 heteroatoms. The second kappa shape index (κ2) is 5.75. The minimum Gasteiger partial charge on any atom is -0.384 e. The lowest BCUT2D eigenvalue weighted by molar-refractivity contribution is 0.0715. The number of aliphatic hydroxyl groups is 1. The highest BCUT2D eigenvalue weighted by Crippen LogP contribution is 2.21. The van der Waals surface area contributed by atoms with Crippen LogP contribution in [0.4, 0.5) is 5.69 Å². The summed E-state index contributed by atoms with van der Waals surface area (Å²) in [5.74, 6) is -0.451. The molecular formula is C16H18N2O2. The van der Waals surface area contributed by atoms with Gasteiger partial charge in [-0.25, -0.2) is 0 Å². The van der Waals surface area contributed by atoms with Crippen LogP contribution in [0.5, 0.6) is 0 Å². The summed E-state index contributed by atoms with van der Waals surface area (Å²) in [6, 6.07) is 16.3. The van der Waals surface area contributed by atoms with Gasteiger partial charge in [-0.15, -0.1) is 0 Å². The van der Waals surface area contributed by atoms with Gasteiger partial charge in [0.25, 0.3) is 0 Å². The van der Waals surface area contributed by atoms with Crippen LogP contribution >= 0.6 is 0 Å². The molecule has 4 N–H and O–H groups in total. The molecule has 20 heavy (non-hydrogen) atoms. The van der Waals surface area contributed by atoms with Crippen LogP contribution in [-0.2, 0) is 5.60 Å². The third-order valence-electron chi connectivity index (χ3n) is 3.20. The van der Waals surface area contributed by atoms with Crippen LogP contribution in [0.15, 0.2) is 54.6 Å². The van der Waals surface area contributed by atoms with E-state index < -0.39 is 11.5 Å². The zero-order valence-electron chi connectivity index (χ0n) is 11.3. The van der Waals surface area contributed by atoms with E-state index in [9.17, 15) is 9.90 Å². The molecule has 0 aliphatic rings. The minimum atomic E-state index is -0.969. The third kappa shape index (κ3) is 3.36. The Morgan fingerprint density at radius 2 is 1.75 bits per heavy atom. The lowest BCUT2D eigenvalue weighted by atomic mass is 9.96. The lowest BCUT2D eigenvalue weighted by Gasteiger charge is -2.24. The van der Waals surface area contributed by atoms with Gasteiger partial charge in [-0.05, 0) is 36.8 Å². The Bertz CT molecular complexity index is 577. The smallest absolute Gasteiger partial charge is 0.248 e. The third-order valence-corrected chi connectivity index (χ3v) is 3.20. The van der Waals surface area contributed by atoms with E-state index in [0.29, 0.717) is 12.1 Å². The first-order valence-electron chi connectivity index (χ1n) is 6.41. The van der Waals surface area contributed by atoms with Crippen molar-refractivity contribution in [3.63, 3.8) is 0 Å². The van der Waals surface area contributed by atoms with Crippen molar-refractivity contribution in [1.29, 1.82) is 0 Å². The topological polar surface area (TPSA) is 75.3 Å². The lowest BCUT2D eigenvalue weighted by Crippen LogP contribution is -2.30. The molecule has 0 heterocycles. The molecule has 1 amide bonds. The summed E-state index contributed by atoms with van der Waals surface area (Å²) in [4.78, 5) is 11.0. The number of nitrogens with one attached hydrogen (secondary N) is 1. The van der Waals surface area contributed by atoms with E-state index in [1.807, 2.05) is 30.3 Å². The van der Waals surface area contributed by atoms with Gasteiger partial charge in [-0.3, -0.25) is 4.79 Å². The molecule has 0 spiro atoms. The Morgan fingerprint density at radius 1 is 1.15 bits per heavy atom. The molecule has 0 saturated heterocycles. The highest BCUT2D eigenvalue weighted by atomic mass is 16.3. The second-order valence-electron chi connectivity index (χ2n) is 4.94. The summed E-state index contributed by atoms with van der Waals surface area (Å²) >= 11 is 0. The molecule has 2 aromatic rings. The molecule has 4 nitrogen and oxygen atoms in total. The first-order chi connectivity index (χ1) is 9.49. The maximum absolute atomic E-state index is 11.0. The molecular weight excluding hydrogens is 252 g/mol. The summed E-state index contributed by atoms with van der Waals surface area (Å²) in [6.07, 6.45) is 0. The Hall–Kier alpha value is -2.33. The predicted molar refractivity (Wildman–Crippen MR) is 79.5 cm³/mol. The molecule has 0 aliphatic heterocycles. The number of hydrogen-bond acceptors (Lipinski definition) is 3. The van der Waals surface area contributed by atoms with Crippen LogP contribution in [0.25, 0.3) is 0 Å². The molecule has 0 fully saturated rings. The number of carbonyl (C=O) groups excluding carboxylic acids is 1. The van der Waals surface area contributed by atoms with E-state index in [2.05, 4.69) is 5.32 Å². The molecule has 0 saturated carbocycles. The summed E-state index contributed by atoms with van der Waals surface area (Å²) in [5.41, 5.74) is 6.35. The van der Waals surface area contributed by atoms with E-state index in [4.69, 9.17) is 5.73 Å². The molecule has 0 aromatic heterocycles. The maximum Gasteiger partial charge on any atom is 0.248 e. The van der Waals surface area contributed by atoms with Crippen molar-refractivity contribution >= 4 is 11.6 Å². The van der Waals surface area contributed by atoms with Gasteiger partial charge in [0.1, 0.15) is 5.60 Å². The van der Waals surface area contributed by atoms with Gasteiger partial charge in [-0.1, -0.05) is 30.3 Å². The number of rotatable bonds is 5. The normalized spacial score (nSPS) is 13.5. The average Bonchev–Trinajstić information content (AvgIpc) is 2.46.